The fourth-order valence-electron chi connectivity index (χ4n) is 1.86. The van der Waals surface area contributed by atoms with Crippen molar-refractivity contribution in [3.8, 4) is 0 Å². The maximum atomic E-state index is 13.4. The lowest BCUT2D eigenvalue weighted by atomic mass is 10.2. The molecule has 100 valence electrons. The zero-order valence-corrected chi connectivity index (χ0v) is 11.2. The molecule has 0 saturated carbocycles. The molecule has 0 radical (unpaired) electrons. The lowest BCUT2D eigenvalue weighted by molar-refractivity contribution is 0.0544. The van der Waals surface area contributed by atoms with Crippen LogP contribution in [0.5, 0.6) is 0 Å². The number of para-hydroxylation sites is 1. The van der Waals surface area contributed by atoms with E-state index in [0.717, 1.165) is 0 Å². The Morgan fingerprint density at radius 2 is 1.95 bits per heavy atom. The SMILES string of the molecule is C=C(F)c1cn(C(=O)OC(C)(C)C)c2ccccc12. The minimum absolute atomic E-state index is 0.307. The van der Waals surface area contributed by atoms with E-state index in [-0.39, 0.29) is 0 Å². The number of nitrogens with zero attached hydrogens (tertiary/aromatic N) is 1. The standard InChI is InChI=1S/C15H16FNO2/c1-10(16)12-9-17(14(18)19-15(2,3)4)13-8-6-5-7-11(12)13/h5-9H,1H2,2-4H3. The highest BCUT2D eigenvalue weighted by molar-refractivity contribution is 5.96. The number of hydrogen-bond donors (Lipinski definition) is 0. The Labute approximate surface area is 111 Å². The van der Waals surface area contributed by atoms with Crippen LogP contribution in [0.3, 0.4) is 0 Å². The van der Waals surface area contributed by atoms with Gasteiger partial charge >= 0.3 is 6.09 Å². The fraction of sp³-hybridized carbons (Fsp3) is 0.267. The molecule has 3 nitrogen and oxygen atoms in total. The van der Waals surface area contributed by atoms with Crippen LogP contribution in [-0.2, 0) is 4.74 Å². The average Bonchev–Trinajstić information content (AvgIpc) is 2.66. The van der Waals surface area contributed by atoms with Gasteiger partial charge in [0, 0.05) is 17.1 Å². The molecule has 1 aromatic carbocycles. The summed E-state index contributed by atoms with van der Waals surface area (Å²) in [6, 6.07) is 7.06. The van der Waals surface area contributed by atoms with Gasteiger partial charge < -0.3 is 4.74 Å². The lowest BCUT2D eigenvalue weighted by Gasteiger charge is -2.19. The molecule has 0 amide bonds. The maximum Gasteiger partial charge on any atom is 0.419 e. The Hall–Kier alpha value is -2.10. The third-order valence-electron chi connectivity index (χ3n) is 2.59. The smallest absolute Gasteiger partial charge is 0.419 e. The Morgan fingerprint density at radius 3 is 2.53 bits per heavy atom. The molecule has 19 heavy (non-hydrogen) atoms. The van der Waals surface area contributed by atoms with Gasteiger partial charge in [-0.15, -0.1) is 0 Å². The summed E-state index contributed by atoms with van der Waals surface area (Å²) in [5.41, 5.74) is 0.307. The van der Waals surface area contributed by atoms with Crippen LogP contribution in [0.15, 0.2) is 37.0 Å². The van der Waals surface area contributed by atoms with E-state index in [9.17, 15) is 9.18 Å². The number of rotatable bonds is 1. The Morgan fingerprint density at radius 1 is 1.32 bits per heavy atom. The molecule has 0 aliphatic carbocycles. The predicted molar refractivity (Wildman–Crippen MR) is 73.7 cm³/mol. The van der Waals surface area contributed by atoms with Gasteiger partial charge in [0.05, 0.1) is 5.52 Å². The van der Waals surface area contributed by atoms with Gasteiger partial charge in [0.25, 0.3) is 0 Å². The summed E-state index contributed by atoms with van der Waals surface area (Å²) in [5.74, 6) is -0.571. The molecule has 0 unspecified atom stereocenters. The number of aromatic nitrogens is 1. The van der Waals surface area contributed by atoms with E-state index < -0.39 is 17.5 Å². The molecule has 0 saturated heterocycles. The monoisotopic (exact) mass is 261 g/mol. The molecule has 4 heteroatoms. The fourth-order valence-corrected chi connectivity index (χ4v) is 1.86. The molecule has 0 atom stereocenters. The highest BCUT2D eigenvalue weighted by Crippen LogP contribution is 2.27. The van der Waals surface area contributed by atoms with Gasteiger partial charge in [-0.05, 0) is 26.8 Å². The summed E-state index contributed by atoms with van der Waals surface area (Å²) >= 11 is 0. The number of carbonyl (C=O) groups excluding carboxylic acids is 1. The van der Waals surface area contributed by atoms with Crippen molar-refractivity contribution in [1.29, 1.82) is 0 Å². The third kappa shape index (κ3) is 2.67. The van der Waals surface area contributed by atoms with Crippen LogP contribution in [0.25, 0.3) is 16.7 Å². The van der Waals surface area contributed by atoms with E-state index in [0.29, 0.717) is 16.5 Å². The first kappa shape index (κ1) is 13.3. The molecule has 1 heterocycles. The van der Waals surface area contributed by atoms with Crippen LogP contribution in [0.4, 0.5) is 9.18 Å². The van der Waals surface area contributed by atoms with E-state index in [1.54, 1.807) is 45.0 Å². The number of fused-ring (bicyclic) bond motifs is 1. The summed E-state index contributed by atoms with van der Waals surface area (Å²) in [6.07, 6.45) is 0.886. The molecule has 0 spiro atoms. The van der Waals surface area contributed by atoms with Gasteiger partial charge in [0.15, 0.2) is 0 Å². The van der Waals surface area contributed by atoms with Crippen molar-refractivity contribution in [3.63, 3.8) is 0 Å². The highest BCUT2D eigenvalue weighted by atomic mass is 19.1. The molecule has 0 bridgehead atoms. The zero-order chi connectivity index (χ0) is 14.2. The number of benzene rings is 1. The van der Waals surface area contributed by atoms with E-state index in [1.807, 2.05) is 0 Å². The van der Waals surface area contributed by atoms with Crippen molar-refractivity contribution < 1.29 is 13.9 Å². The van der Waals surface area contributed by atoms with Crippen LogP contribution >= 0.6 is 0 Å². The predicted octanol–water partition coefficient (Wildman–Crippen LogP) is 4.36. The van der Waals surface area contributed by atoms with Crippen molar-refractivity contribution in [2.45, 2.75) is 26.4 Å². The maximum absolute atomic E-state index is 13.4. The Bertz CT molecular complexity index is 650. The first-order chi connectivity index (χ1) is 8.79. The molecule has 0 aliphatic heterocycles. The number of hydrogen-bond acceptors (Lipinski definition) is 2. The number of carbonyl (C=O) groups is 1. The molecular formula is C15H16FNO2. The summed E-state index contributed by atoms with van der Waals surface area (Å²) in [6.45, 7) is 8.64. The molecule has 0 aliphatic rings. The van der Waals surface area contributed by atoms with Crippen LogP contribution in [0.2, 0.25) is 0 Å². The molecule has 1 aromatic heterocycles. The molecule has 2 rings (SSSR count). The Balaban J connectivity index is 2.55. The zero-order valence-electron chi connectivity index (χ0n) is 11.2. The van der Waals surface area contributed by atoms with Crippen molar-refractivity contribution >= 4 is 22.8 Å². The second-order valence-corrected chi connectivity index (χ2v) is 5.32. The van der Waals surface area contributed by atoms with E-state index in [2.05, 4.69) is 6.58 Å². The second kappa shape index (κ2) is 4.53. The van der Waals surface area contributed by atoms with Gasteiger partial charge in [-0.1, -0.05) is 24.8 Å². The van der Waals surface area contributed by atoms with Crippen molar-refractivity contribution in [2.75, 3.05) is 0 Å². The molecule has 2 aromatic rings. The van der Waals surface area contributed by atoms with Gasteiger partial charge in [-0.25, -0.2) is 9.18 Å². The van der Waals surface area contributed by atoms with Crippen LogP contribution in [0.1, 0.15) is 26.3 Å². The molecule has 0 N–H and O–H groups in total. The van der Waals surface area contributed by atoms with Crippen molar-refractivity contribution in [2.24, 2.45) is 0 Å². The second-order valence-electron chi connectivity index (χ2n) is 5.32. The van der Waals surface area contributed by atoms with Crippen LogP contribution in [-0.4, -0.2) is 16.3 Å². The van der Waals surface area contributed by atoms with Crippen LogP contribution in [0, 0.1) is 0 Å². The van der Waals surface area contributed by atoms with E-state index in [1.165, 1.54) is 10.8 Å². The first-order valence-corrected chi connectivity index (χ1v) is 5.98. The minimum Gasteiger partial charge on any atom is -0.443 e. The van der Waals surface area contributed by atoms with Gasteiger partial charge in [0.1, 0.15) is 11.4 Å². The quantitative estimate of drug-likeness (QED) is 0.763. The van der Waals surface area contributed by atoms with Crippen molar-refractivity contribution in [1.82, 2.24) is 4.57 Å². The summed E-state index contributed by atoms with van der Waals surface area (Å²) in [5, 5.41) is 0.640. The van der Waals surface area contributed by atoms with E-state index in [4.69, 9.17) is 4.74 Å². The molecule has 0 fully saturated rings. The minimum atomic E-state index is -0.602. The normalized spacial score (nSPS) is 11.6. The summed E-state index contributed by atoms with van der Waals surface area (Å²) in [4.78, 5) is 12.1. The summed E-state index contributed by atoms with van der Waals surface area (Å²) < 4.78 is 20.0. The lowest BCUT2D eigenvalue weighted by Crippen LogP contribution is -2.26. The van der Waals surface area contributed by atoms with Gasteiger partial charge in [-0.2, -0.15) is 0 Å². The summed E-state index contributed by atoms with van der Waals surface area (Å²) in [7, 11) is 0. The third-order valence-corrected chi connectivity index (χ3v) is 2.59. The van der Waals surface area contributed by atoms with Gasteiger partial charge in [0.2, 0.25) is 0 Å². The van der Waals surface area contributed by atoms with E-state index >= 15 is 0 Å². The average molecular weight is 261 g/mol. The number of ether oxygens (including phenoxy) is 1. The topological polar surface area (TPSA) is 31.2 Å². The largest absolute Gasteiger partial charge is 0.443 e. The highest BCUT2D eigenvalue weighted by Gasteiger charge is 2.21. The Kier molecular flexibility index (Phi) is 3.18. The van der Waals surface area contributed by atoms with Crippen LogP contribution < -0.4 is 0 Å². The molecular weight excluding hydrogens is 245 g/mol. The van der Waals surface area contributed by atoms with Crippen molar-refractivity contribution in [3.05, 3.63) is 42.6 Å². The number of halogens is 1. The van der Waals surface area contributed by atoms with Gasteiger partial charge in [-0.3, -0.25) is 4.57 Å². The first-order valence-electron chi connectivity index (χ1n) is 5.98.